The van der Waals surface area contributed by atoms with Gasteiger partial charge < -0.3 is 25.4 Å². The van der Waals surface area contributed by atoms with Gasteiger partial charge in [-0.2, -0.15) is 0 Å². The molecule has 0 aliphatic carbocycles. The summed E-state index contributed by atoms with van der Waals surface area (Å²) in [5, 5.41) is 16.7. The summed E-state index contributed by atoms with van der Waals surface area (Å²) < 4.78 is 4.96. The molecule has 0 spiro atoms. The number of benzene rings is 1. The predicted molar refractivity (Wildman–Crippen MR) is 101 cm³/mol. The molecule has 2 heterocycles. The Kier molecular flexibility index (Phi) is 6.38. The molecular weight excluding hydrogens is 332 g/mol. The fourth-order valence-corrected chi connectivity index (χ4v) is 3.29. The van der Waals surface area contributed by atoms with E-state index in [1.54, 1.807) is 13.3 Å². The van der Waals surface area contributed by atoms with Crippen LogP contribution < -0.4 is 10.6 Å². The average molecular weight is 358 g/mol. The van der Waals surface area contributed by atoms with Gasteiger partial charge in [-0.3, -0.25) is 4.98 Å². The van der Waals surface area contributed by atoms with Crippen LogP contribution in [-0.4, -0.2) is 66.5 Å². The molecule has 7 nitrogen and oxygen atoms in total. The molecule has 1 atom stereocenters. The number of fused-ring (bicyclic) bond motifs is 1. The van der Waals surface area contributed by atoms with Crippen molar-refractivity contribution in [3.05, 3.63) is 36.5 Å². The first-order valence-electron chi connectivity index (χ1n) is 8.95. The number of hydrogen-bond acceptors (Lipinski definition) is 5. The van der Waals surface area contributed by atoms with Crippen molar-refractivity contribution in [2.45, 2.75) is 25.0 Å². The van der Waals surface area contributed by atoms with Gasteiger partial charge >= 0.3 is 6.03 Å². The van der Waals surface area contributed by atoms with Crippen LogP contribution in [0.1, 0.15) is 12.8 Å². The normalized spacial score (nSPS) is 17.2. The third-order valence-electron chi connectivity index (χ3n) is 4.60. The van der Waals surface area contributed by atoms with Crippen molar-refractivity contribution >= 4 is 22.6 Å². The average Bonchev–Trinajstić information content (AvgIpc) is 2.63. The summed E-state index contributed by atoms with van der Waals surface area (Å²) in [6.45, 7) is 2.66. The number of nitrogens with one attached hydrogen (secondary N) is 2. The van der Waals surface area contributed by atoms with Gasteiger partial charge in [-0.25, -0.2) is 4.79 Å². The maximum absolute atomic E-state index is 12.2. The zero-order valence-corrected chi connectivity index (χ0v) is 15.0. The molecule has 2 aromatic rings. The van der Waals surface area contributed by atoms with Crippen LogP contribution >= 0.6 is 0 Å². The minimum atomic E-state index is -0.465. The number of urea groups is 1. The number of aliphatic hydroxyl groups is 1. The van der Waals surface area contributed by atoms with Crippen LogP contribution in [0.2, 0.25) is 0 Å². The van der Waals surface area contributed by atoms with Crippen molar-refractivity contribution in [3.63, 3.8) is 0 Å². The first kappa shape index (κ1) is 18.6. The van der Waals surface area contributed by atoms with Crippen molar-refractivity contribution in [3.8, 4) is 0 Å². The van der Waals surface area contributed by atoms with Gasteiger partial charge in [0.1, 0.15) is 0 Å². The number of likely N-dealkylation sites (tertiary alicyclic amines) is 1. The second-order valence-corrected chi connectivity index (χ2v) is 6.70. The lowest BCUT2D eigenvalue weighted by Gasteiger charge is -2.33. The Morgan fingerprint density at radius 1 is 1.38 bits per heavy atom. The van der Waals surface area contributed by atoms with E-state index in [0.717, 1.165) is 36.8 Å². The van der Waals surface area contributed by atoms with Gasteiger partial charge in [-0.05, 0) is 25.0 Å². The van der Waals surface area contributed by atoms with E-state index in [1.165, 1.54) is 0 Å². The summed E-state index contributed by atoms with van der Waals surface area (Å²) in [6.07, 6.45) is 2.93. The summed E-state index contributed by atoms with van der Waals surface area (Å²) in [6, 6.07) is 9.65. The minimum absolute atomic E-state index is 0.138. The zero-order valence-electron chi connectivity index (χ0n) is 15.0. The molecule has 1 saturated heterocycles. The van der Waals surface area contributed by atoms with Crippen LogP contribution in [0.4, 0.5) is 10.5 Å². The molecule has 0 bridgehead atoms. The largest absolute Gasteiger partial charge is 0.389 e. The lowest BCUT2D eigenvalue weighted by atomic mass is 10.0. The summed E-state index contributed by atoms with van der Waals surface area (Å²) in [5.41, 5.74) is 1.59. The van der Waals surface area contributed by atoms with Crippen molar-refractivity contribution in [2.24, 2.45) is 0 Å². The lowest BCUT2D eigenvalue weighted by Crippen LogP contribution is -2.47. The van der Waals surface area contributed by atoms with Crippen molar-refractivity contribution < 1.29 is 14.6 Å². The Hall–Kier alpha value is -2.22. The van der Waals surface area contributed by atoms with Crippen LogP contribution in [0.25, 0.3) is 10.9 Å². The number of rotatable bonds is 6. The second kappa shape index (κ2) is 8.93. The number of carbonyl (C=O) groups is 1. The molecule has 0 saturated carbocycles. The van der Waals surface area contributed by atoms with Gasteiger partial charge in [0, 0.05) is 38.2 Å². The number of aromatic nitrogens is 1. The fourth-order valence-electron chi connectivity index (χ4n) is 3.29. The highest BCUT2D eigenvalue weighted by atomic mass is 16.5. The molecule has 2 amide bonds. The number of methoxy groups -OCH3 is 1. The van der Waals surface area contributed by atoms with Crippen LogP contribution in [0.3, 0.4) is 0 Å². The molecular formula is C19H26N4O3. The predicted octanol–water partition coefficient (Wildman–Crippen LogP) is 1.83. The quantitative estimate of drug-likeness (QED) is 0.733. The highest BCUT2D eigenvalue weighted by Gasteiger charge is 2.22. The number of anilines is 1. The number of aliphatic hydroxyl groups excluding tert-OH is 1. The summed E-state index contributed by atoms with van der Waals surface area (Å²) in [7, 11) is 1.59. The van der Waals surface area contributed by atoms with Gasteiger partial charge in [-0.1, -0.05) is 18.2 Å². The number of amides is 2. The smallest absolute Gasteiger partial charge is 0.319 e. The monoisotopic (exact) mass is 358 g/mol. The number of nitrogens with zero attached hydrogens (tertiary/aromatic N) is 2. The second-order valence-electron chi connectivity index (χ2n) is 6.70. The van der Waals surface area contributed by atoms with Crippen LogP contribution in [0.15, 0.2) is 36.5 Å². The fraction of sp³-hybridized carbons (Fsp3) is 0.474. The number of piperidine rings is 1. The molecule has 7 heteroatoms. The zero-order chi connectivity index (χ0) is 18.4. The molecule has 1 aliphatic heterocycles. The number of pyridine rings is 1. The van der Waals surface area contributed by atoms with E-state index in [2.05, 4.69) is 20.5 Å². The number of para-hydroxylation sites is 1. The summed E-state index contributed by atoms with van der Waals surface area (Å²) in [5.74, 6) is 0. The van der Waals surface area contributed by atoms with E-state index < -0.39 is 6.10 Å². The van der Waals surface area contributed by atoms with Crippen molar-refractivity contribution in [2.75, 3.05) is 38.7 Å². The molecule has 3 N–H and O–H groups in total. The number of hydrogen-bond donors (Lipinski definition) is 3. The molecule has 1 unspecified atom stereocenters. The summed E-state index contributed by atoms with van der Waals surface area (Å²) in [4.78, 5) is 18.8. The standard InChI is InChI=1S/C19H26N4O3/c1-26-13-17(24)12-23-8-6-15(7-9-23)21-19(25)22-16-10-14-4-2-3-5-18(14)20-11-16/h2-5,10-11,15,17,24H,6-9,12-13H2,1H3,(H2,21,22,25). The maximum Gasteiger partial charge on any atom is 0.319 e. The molecule has 1 aromatic heterocycles. The van der Waals surface area contributed by atoms with Crippen LogP contribution in [-0.2, 0) is 4.74 Å². The van der Waals surface area contributed by atoms with Gasteiger partial charge in [0.2, 0.25) is 0 Å². The summed E-state index contributed by atoms with van der Waals surface area (Å²) >= 11 is 0. The first-order chi connectivity index (χ1) is 12.6. The Morgan fingerprint density at radius 2 is 2.15 bits per heavy atom. The number of carbonyl (C=O) groups excluding carboxylic acids is 1. The lowest BCUT2D eigenvalue weighted by molar-refractivity contribution is 0.0315. The van der Waals surface area contributed by atoms with Crippen LogP contribution in [0, 0.1) is 0 Å². The minimum Gasteiger partial charge on any atom is -0.389 e. The molecule has 140 valence electrons. The molecule has 0 radical (unpaired) electrons. The number of ether oxygens (including phenoxy) is 1. The Morgan fingerprint density at radius 3 is 2.92 bits per heavy atom. The highest BCUT2D eigenvalue weighted by Crippen LogP contribution is 2.16. The van der Waals surface area contributed by atoms with Gasteiger partial charge in [0.25, 0.3) is 0 Å². The van der Waals surface area contributed by atoms with Gasteiger partial charge in [-0.15, -0.1) is 0 Å². The van der Waals surface area contributed by atoms with Gasteiger partial charge in [0.05, 0.1) is 30.1 Å². The first-order valence-corrected chi connectivity index (χ1v) is 8.95. The highest BCUT2D eigenvalue weighted by molar-refractivity contribution is 5.92. The third kappa shape index (κ3) is 5.14. The Labute approximate surface area is 153 Å². The molecule has 1 aromatic carbocycles. The van der Waals surface area contributed by atoms with E-state index in [4.69, 9.17) is 4.74 Å². The van der Waals surface area contributed by atoms with E-state index in [0.29, 0.717) is 18.8 Å². The molecule has 26 heavy (non-hydrogen) atoms. The van der Waals surface area contributed by atoms with Gasteiger partial charge in [0.15, 0.2) is 0 Å². The van der Waals surface area contributed by atoms with Crippen LogP contribution in [0.5, 0.6) is 0 Å². The van der Waals surface area contributed by atoms with E-state index in [1.807, 2.05) is 30.3 Å². The Balaban J connectivity index is 1.45. The van der Waals surface area contributed by atoms with Crippen molar-refractivity contribution in [1.82, 2.24) is 15.2 Å². The SMILES string of the molecule is COCC(O)CN1CCC(NC(=O)Nc2cnc3ccccc3c2)CC1. The number of β-amino-alcohol motifs (C(OH)–C–C–N with tert-alkyl or cyclic N) is 1. The molecule has 1 fully saturated rings. The van der Waals surface area contributed by atoms with E-state index in [-0.39, 0.29) is 12.1 Å². The molecule has 3 rings (SSSR count). The Bertz CT molecular complexity index is 732. The topological polar surface area (TPSA) is 86.7 Å². The van der Waals surface area contributed by atoms with E-state index in [9.17, 15) is 9.90 Å². The third-order valence-corrected chi connectivity index (χ3v) is 4.60. The molecule has 1 aliphatic rings. The van der Waals surface area contributed by atoms with E-state index >= 15 is 0 Å². The van der Waals surface area contributed by atoms with Crippen molar-refractivity contribution in [1.29, 1.82) is 0 Å². The maximum atomic E-state index is 12.2.